The highest BCUT2D eigenvalue weighted by Crippen LogP contribution is 2.25. The Morgan fingerprint density at radius 1 is 0.905 bits per heavy atom. The van der Waals surface area contributed by atoms with Gasteiger partial charge in [-0.3, -0.25) is 10.0 Å². The first-order valence-electron chi connectivity index (χ1n) is 6.43. The van der Waals surface area contributed by atoms with E-state index in [1.165, 1.54) is 0 Å². The SMILES string of the molecule is O=C(c1ccccc1)N(O)c1ccc2cc(Br)ccc2c1. The van der Waals surface area contributed by atoms with Crippen LogP contribution in [0.1, 0.15) is 10.4 Å². The highest BCUT2D eigenvalue weighted by atomic mass is 79.9. The summed E-state index contributed by atoms with van der Waals surface area (Å²) in [4.78, 5) is 12.2. The molecule has 3 nitrogen and oxygen atoms in total. The Bertz CT molecular complexity index is 802. The lowest BCUT2D eigenvalue weighted by molar-refractivity contribution is 0.0855. The number of hydroxylamine groups is 1. The van der Waals surface area contributed by atoms with Crippen molar-refractivity contribution in [2.24, 2.45) is 0 Å². The van der Waals surface area contributed by atoms with Gasteiger partial charge in [0.05, 0.1) is 5.69 Å². The van der Waals surface area contributed by atoms with Crippen LogP contribution in [-0.2, 0) is 0 Å². The van der Waals surface area contributed by atoms with Crippen LogP contribution in [-0.4, -0.2) is 11.1 Å². The highest BCUT2D eigenvalue weighted by Gasteiger charge is 2.15. The van der Waals surface area contributed by atoms with Crippen LogP contribution in [0.4, 0.5) is 5.69 Å². The van der Waals surface area contributed by atoms with Crippen LogP contribution in [0.5, 0.6) is 0 Å². The standard InChI is InChI=1S/C17H12BrNO2/c18-15-8-6-14-11-16(9-7-13(14)10-15)19(21)17(20)12-4-2-1-3-5-12/h1-11,21H. The summed E-state index contributed by atoms with van der Waals surface area (Å²) in [6.07, 6.45) is 0. The summed E-state index contributed by atoms with van der Waals surface area (Å²) in [5, 5.41) is 12.8. The number of amides is 1. The lowest BCUT2D eigenvalue weighted by Crippen LogP contribution is -2.26. The van der Waals surface area contributed by atoms with Crippen molar-refractivity contribution in [1.82, 2.24) is 0 Å². The number of fused-ring (bicyclic) bond motifs is 1. The van der Waals surface area contributed by atoms with E-state index in [-0.39, 0.29) is 0 Å². The van der Waals surface area contributed by atoms with E-state index in [4.69, 9.17) is 0 Å². The normalized spacial score (nSPS) is 10.6. The number of anilines is 1. The maximum Gasteiger partial charge on any atom is 0.281 e. The van der Waals surface area contributed by atoms with E-state index in [1.807, 2.05) is 30.3 Å². The molecule has 0 aliphatic heterocycles. The zero-order valence-electron chi connectivity index (χ0n) is 11.0. The quantitative estimate of drug-likeness (QED) is 0.545. The lowest BCUT2D eigenvalue weighted by atomic mass is 10.1. The predicted molar refractivity (Wildman–Crippen MR) is 86.7 cm³/mol. The summed E-state index contributed by atoms with van der Waals surface area (Å²) < 4.78 is 0.990. The molecule has 0 aliphatic rings. The number of halogens is 1. The fourth-order valence-electron chi connectivity index (χ4n) is 2.16. The Hall–Kier alpha value is -2.17. The Morgan fingerprint density at radius 2 is 1.57 bits per heavy atom. The first-order chi connectivity index (χ1) is 10.1. The first-order valence-corrected chi connectivity index (χ1v) is 7.22. The van der Waals surface area contributed by atoms with Gasteiger partial charge >= 0.3 is 0 Å². The Balaban J connectivity index is 1.96. The minimum atomic E-state index is -0.452. The number of hydrogen-bond acceptors (Lipinski definition) is 2. The molecule has 0 fully saturated rings. The maximum absolute atomic E-state index is 12.2. The molecule has 21 heavy (non-hydrogen) atoms. The van der Waals surface area contributed by atoms with Crippen molar-refractivity contribution in [1.29, 1.82) is 0 Å². The number of carbonyl (C=O) groups is 1. The second-order valence-corrected chi connectivity index (χ2v) is 5.57. The second-order valence-electron chi connectivity index (χ2n) is 4.66. The number of benzene rings is 3. The van der Waals surface area contributed by atoms with E-state index in [2.05, 4.69) is 15.9 Å². The molecule has 0 saturated heterocycles. The molecule has 0 aromatic heterocycles. The zero-order chi connectivity index (χ0) is 14.8. The smallest absolute Gasteiger partial charge is 0.281 e. The Morgan fingerprint density at radius 3 is 2.33 bits per heavy atom. The Labute approximate surface area is 130 Å². The van der Waals surface area contributed by atoms with E-state index in [1.54, 1.807) is 36.4 Å². The average Bonchev–Trinajstić information content (AvgIpc) is 2.53. The first kappa shape index (κ1) is 13.8. The van der Waals surface area contributed by atoms with Crippen molar-refractivity contribution in [3.05, 3.63) is 76.8 Å². The third-order valence-electron chi connectivity index (χ3n) is 3.24. The van der Waals surface area contributed by atoms with Crippen LogP contribution in [0.15, 0.2) is 71.2 Å². The predicted octanol–water partition coefficient (Wildman–Crippen LogP) is 4.64. The van der Waals surface area contributed by atoms with Gasteiger partial charge in [0.2, 0.25) is 0 Å². The summed E-state index contributed by atoms with van der Waals surface area (Å²) in [6.45, 7) is 0. The van der Waals surface area contributed by atoms with Gasteiger partial charge in [0.25, 0.3) is 5.91 Å². The van der Waals surface area contributed by atoms with E-state index in [0.29, 0.717) is 16.3 Å². The van der Waals surface area contributed by atoms with Crippen molar-refractivity contribution in [3.63, 3.8) is 0 Å². The number of rotatable bonds is 2. The molecule has 0 spiro atoms. The molecule has 0 bridgehead atoms. The van der Waals surface area contributed by atoms with Gasteiger partial charge in [-0.25, -0.2) is 0 Å². The highest BCUT2D eigenvalue weighted by molar-refractivity contribution is 9.10. The molecule has 0 saturated carbocycles. The molecular formula is C17H12BrNO2. The summed E-state index contributed by atoms with van der Waals surface area (Å²) in [5.41, 5.74) is 0.884. The molecule has 104 valence electrons. The van der Waals surface area contributed by atoms with Gasteiger partial charge in [-0.2, -0.15) is 5.06 Å². The van der Waals surface area contributed by atoms with Crippen LogP contribution < -0.4 is 5.06 Å². The van der Waals surface area contributed by atoms with E-state index in [0.717, 1.165) is 15.2 Å². The van der Waals surface area contributed by atoms with Crippen molar-refractivity contribution in [3.8, 4) is 0 Å². The molecule has 3 aromatic carbocycles. The maximum atomic E-state index is 12.2. The average molecular weight is 342 g/mol. The van der Waals surface area contributed by atoms with Gasteiger partial charge in [-0.1, -0.05) is 46.3 Å². The van der Waals surface area contributed by atoms with Crippen molar-refractivity contribution in [2.45, 2.75) is 0 Å². The topological polar surface area (TPSA) is 40.5 Å². The fourth-order valence-corrected chi connectivity index (χ4v) is 2.53. The zero-order valence-corrected chi connectivity index (χ0v) is 12.6. The summed E-state index contributed by atoms with van der Waals surface area (Å²) in [7, 11) is 0. The summed E-state index contributed by atoms with van der Waals surface area (Å²) >= 11 is 3.42. The van der Waals surface area contributed by atoms with Gasteiger partial charge < -0.3 is 0 Å². The molecule has 3 rings (SSSR count). The molecule has 0 aliphatic carbocycles. The van der Waals surface area contributed by atoms with E-state index < -0.39 is 5.91 Å². The number of nitrogens with zero attached hydrogens (tertiary/aromatic N) is 1. The minimum absolute atomic E-state index is 0.441. The van der Waals surface area contributed by atoms with Crippen molar-refractivity contribution in [2.75, 3.05) is 5.06 Å². The van der Waals surface area contributed by atoms with Gasteiger partial charge in [0.15, 0.2) is 0 Å². The Kier molecular flexibility index (Phi) is 3.73. The van der Waals surface area contributed by atoms with Gasteiger partial charge in [-0.05, 0) is 47.2 Å². The molecule has 1 amide bonds. The van der Waals surface area contributed by atoms with Crippen LogP contribution in [0.3, 0.4) is 0 Å². The summed E-state index contributed by atoms with van der Waals surface area (Å²) in [5.74, 6) is -0.452. The van der Waals surface area contributed by atoms with Crippen LogP contribution in [0, 0.1) is 0 Å². The van der Waals surface area contributed by atoms with Crippen LogP contribution >= 0.6 is 15.9 Å². The fraction of sp³-hybridized carbons (Fsp3) is 0. The van der Waals surface area contributed by atoms with E-state index in [9.17, 15) is 10.0 Å². The summed E-state index contributed by atoms with van der Waals surface area (Å²) in [6, 6.07) is 19.9. The van der Waals surface area contributed by atoms with Crippen molar-refractivity contribution < 1.29 is 10.0 Å². The molecule has 0 radical (unpaired) electrons. The molecular weight excluding hydrogens is 330 g/mol. The van der Waals surface area contributed by atoms with Crippen LogP contribution in [0.2, 0.25) is 0 Å². The minimum Gasteiger partial charge on any atom is -0.281 e. The molecule has 0 heterocycles. The van der Waals surface area contributed by atoms with Crippen molar-refractivity contribution >= 4 is 38.3 Å². The van der Waals surface area contributed by atoms with Gasteiger partial charge in [0.1, 0.15) is 0 Å². The third-order valence-corrected chi connectivity index (χ3v) is 3.74. The van der Waals surface area contributed by atoms with E-state index >= 15 is 0 Å². The monoisotopic (exact) mass is 341 g/mol. The largest absolute Gasteiger partial charge is 0.281 e. The lowest BCUT2D eigenvalue weighted by Gasteiger charge is -2.15. The second kappa shape index (κ2) is 5.68. The van der Waals surface area contributed by atoms with Crippen LogP contribution in [0.25, 0.3) is 10.8 Å². The van der Waals surface area contributed by atoms with Gasteiger partial charge in [0, 0.05) is 10.0 Å². The van der Waals surface area contributed by atoms with Gasteiger partial charge in [-0.15, -0.1) is 0 Å². The molecule has 0 unspecified atom stereocenters. The third kappa shape index (κ3) is 2.82. The molecule has 4 heteroatoms. The molecule has 0 atom stereocenters. The number of hydrogen-bond donors (Lipinski definition) is 1. The number of carbonyl (C=O) groups excluding carboxylic acids is 1. The molecule has 3 aromatic rings. The molecule has 1 N–H and O–H groups in total.